The molecule has 3 rings (SSSR count). The predicted octanol–water partition coefficient (Wildman–Crippen LogP) is 3.47. The summed E-state index contributed by atoms with van der Waals surface area (Å²) in [5.74, 6) is 1.37. The number of carbonyl (C=O) groups excluding carboxylic acids is 1. The molecule has 1 aliphatic carbocycles. The summed E-state index contributed by atoms with van der Waals surface area (Å²) in [4.78, 5) is 19.1. The third-order valence-electron chi connectivity index (χ3n) is 4.92. The van der Waals surface area contributed by atoms with E-state index in [0.717, 1.165) is 18.7 Å². The summed E-state index contributed by atoms with van der Waals surface area (Å²) in [5.41, 5.74) is 2.43. The number of hydrogen-bond donors (Lipinski definition) is 2. The fraction of sp³-hybridized carbons (Fsp3) is 0.526. The molecule has 0 unspecified atom stereocenters. The number of aromatic amines is 1. The number of benzene rings is 1. The van der Waals surface area contributed by atoms with E-state index in [0.29, 0.717) is 25.0 Å². The molecule has 1 fully saturated rings. The van der Waals surface area contributed by atoms with Gasteiger partial charge >= 0.3 is 6.03 Å². The number of aromatic nitrogens is 3. The van der Waals surface area contributed by atoms with Crippen LogP contribution in [0.3, 0.4) is 0 Å². The summed E-state index contributed by atoms with van der Waals surface area (Å²) < 4.78 is 0. The molecule has 134 valence electrons. The van der Waals surface area contributed by atoms with E-state index in [1.54, 1.807) is 0 Å². The molecule has 0 bridgehead atoms. The number of amides is 2. The van der Waals surface area contributed by atoms with Gasteiger partial charge in [0.25, 0.3) is 0 Å². The van der Waals surface area contributed by atoms with E-state index in [4.69, 9.17) is 0 Å². The minimum atomic E-state index is -0.0300. The van der Waals surface area contributed by atoms with Crippen molar-refractivity contribution in [3.05, 3.63) is 47.0 Å². The van der Waals surface area contributed by atoms with E-state index < -0.39 is 0 Å². The highest BCUT2D eigenvalue weighted by molar-refractivity contribution is 5.74. The lowest BCUT2D eigenvalue weighted by molar-refractivity contribution is 0.150. The zero-order chi connectivity index (χ0) is 17.6. The van der Waals surface area contributed by atoms with Crippen molar-refractivity contribution in [2.45, 2.75) is 65.1 Å². The first-order chi connectivity index (χ1) is 12.1. The topological polar surface area (TPSA) is 73.9 Å². The summed E-state index contributed by atoms with van der Waals surface area (Å²) in [6.45, 7) is 4.95. The molecule has 2 aromatic rings. The fourth-order valence-corrected chi connectivity index (χ4v) is 3.45. The van der Waals surface area contributed by atoms with Gasteiger partial charge < -0.3 is 10.2 Å². The van der Waals surface area contributed by atoms with Crippen LogP contribution in [0.15, 0.2) is 24.3 Å². The number of carbonyl (C=O) groups is 1. The Morgan fingerprint density at radius 2 is 2.00 bits per heavy atom. The zero-order valence-corrected chi connectivity index (χ0v) is 15.1. The van der Waals surface area contributed by atoms with Crippen molar-refractivity contribution in [2.75, 3.05) is 0 Å². The second-order valence-electron chi connectivity index (χ2n) is 6.84. The van der Waals surface area contributed by atoms with Crippen LogP contribution in [-0.4, -0.2) is 32.2 Å². The normalized spacial score (nSPS) is 15.1. The van der Waals surface area contributed by atoms with E-state index >= 15 is 0 Å². The van der Waals surface area contributed by atoms with Gasteiger partial charge in [-0.2, -0.15) is 5.10 Å². The van der Waals surface area contributed by atoms with E-state index in [9.17, 15) is 4.79 Å². The Bertz CT molecular complexity index is 705. The smallest absolute Gasteiger partial charge is 0.318 e. The van der Waals surface area contributed by atoms with Crippen molar-refractivity contribution in [3.63, 3.8) is 0 Å². The van der Waals surface area contributed by atoms with E-state index in [1.807, 2.05) is 24.0 Å². The molecular weight excluding hydrogens is 314 g/mol. The van der Waals surface area contributed by atoms with Crippen LogP contribution < -0.4 is 5.32 Å². The fourth-order valence-electron chi connectivity index (χ4n) is 3.45. The SMILES string of the molecule is Cc1nc(CNC(=O)N(Cc2ccccc2C)C2CCCCC2)n[nH]1. The number of nitrogens with zero attached hydrogens (tertiary/aromatic N) is 3. The maximum atomic E-state index is 12.9. The van der Waals surface area contributed by atoms with Crippen LogP contribution in [0.5, 0.6) is 0 Å². The Morgan fingerprint density at radius 1 is 1.24 bits per heavy atom. The first-order valence-corrected chi connectivity index (χ1v) is 9.10. The Labute approximate surface area is 149 Å². The van der Waals surface area contributed by atoms with Gasteiger partial charge in [0.15, 0.2) is 5.82 Å². The molecule has 1 aliphatic rings. The Kier molecular flexibility index (Phi) is 5.68. The highest BCUT2D eigenvalue weighted by atomic mass is 16.2. The standard InChI is InChI=1S/C19H27N5O/c1-14-8-6-7-9-16(14)13-24(17-10-4-3-5-11-17)19(25)20-12-18-21-15(2)22-23-18/h6-9,17H,3-5,10-13H2,1-2H3,(H,20,25)(H,21,22,23). The lowest BCUT2D eigenvalue weighted by Crippen LogP contribution is -2.46. The predicted molar refractivity (Wildman–Crippen MR) is 97.0 cm³/mol. The van der Waals surface area contributed by atoms with Gasteiger partial charge in [0, 0.05) is 12.6 Å². The van der Waals surface area contributed by atoms with Crippen LogP contribution in [0.4, 0.5) is 4.79 Å². The van der Waals surface area contributed by atoms with Gasteiger partial charge in [0.05, 0.1) is 6.54 Å². The van der Waals surface area contributed by atoms with Crippen molar-refractivity contribution in [1.29, 1.82) is 0 Å². The number of H-pyrrole nitrogens is 1. The number of nitrogens with one attached hydrogen (secondary N) is 2. The zero-order valence-electron chi connectivity index (χ0n) is 15.1. The average molecular weight is 341 g/mol. The Balaban J connectivity index is 1.70. The van der Waals surface area contributed by atoms with Crippen LogP contribution in [0.1, 0.15) is 54.9 Å². The maximum Gasteiger partial charge on any atom is 0.318 e. The highest BCUT2D eigenvalue weighted by Crippen LogP contribution is 2.25. The molecule has 1 saturated carbocycles. The molecule has 0 spiro atoms. The molecule has 0 atom stereocenters. The molecule has 1 aromatic heterocycles. The van der Waals surface area contributed by atoms with Gasteiger partial charge in [-0.25, -0.2) is 9.78 Å². The molecule has 1 aromatic carbocycles. The maximum absolute atomic E-state index is 12.9. The summed E-state index contributed by atoms with van der Waals surface area (Å²) >= 11 is 0. The molecule has 6 heteroatoms. The monoisotopic (exact) mass is 341 g/mol. The minimum absolute atomic E-state index is 0.0300. The molecule has 25 heavy (non-hydrogen) atoms. The second-order valence-corrected chi connectivity index (χ2v) is 6.84. The Morgan fingerprint density at radius 3 is 2.68 bits per heavy atom. The molecule has 2 amide bonds. The number of urea groups is 1. The summed E-state index contributed by atoms with van der Waals surface area (Å²) in [6.07, 6.45) is 5.83. The van der Waals surface area contributed by atoms with Crippen LogP contribution in [0, 0.1) is 13.8 Å². The lowest BCUT2D eigenvalue weighted by atomic mass is 9.93. The molecule has 0 aliphatic heterocycles. The van der Waals surface area contributed by atoms with Gasteiger partial charge in [-0.05, 0) is 37.8 Å². The third-order valence-corrected chi connectivity index (χ3v) is 4.92. The summed E-state index contributed by atoms with van der Waals surface area (Å²) in [6, 6.07) is 8.56. The van der Waals surface area contributed by atoms with E-state index in [-0.39, 0.29) is 6.03 Å². The van der Waals surface area contributed by atoms with Gasteiger partial charge in [-0.3, -0.25) is 5.10 Å². The number of aryl methyl sites for hydroxylation is 2. The lowest BCUT2D eigenvalue weighted by Gasteiger charge is -2.34. The first kappa shape index (κ1) is 17.5. The Hall–Kier alpha value is -2.37. The van der Waals surface area contributed by atoms with Crippen molar-refractivity contribution in [2.24, 2.45) is 0 Å². The van der Waals surface area contributed by atoms with Gasteiger partial charge in [0.2, 0.25) is 0 Å². The van der Waals surface area contributed by atoms with E-state index in [2.05, 4.69) is 39.6 Å². The molecule has 0 saturated heterocycles. The van der Waals surface area contributed by atoms with Crippen LogP contribution in [-0.2, 0) is 13.1 Å². The average Bonchev–Trinajstić information content (AvgIpc) is 3.05. The second kappa shape index (κ2) is 8.14. The first-order valence-electron chi connectivity index (χ1n) is 9.10. The van der Waals surface area contributed by atoms with Gasteiger partial charge in [0.1, 0.15) is 5.82 Å². The molecule has 1 heterocycles. The number of hydrogen-bond acceptors (Lipinski definition) is 3. The van der Waals surface area contributed by atoms with Gasteiger partial charge in [-0.15, -0.1) is 0 Å². The van der Waals surface area contributed by atoms with Crippen molar-refractivity contribution >= 4 is 6.03 Å². The molecule has 2 N–H and O–H groups in total. The van der Waals surface area contributed by atoms with Crippen molar-refractivity contribution in [3.8, 4) is 0 Å². The molecule has 0 radical (unpaired) electrons. The third kappa shape index (κ3) is 4.59. The van der Waals surface area contributed by atoms with Crippen LogP contribution in [0.25, 0.3) is 0 Å². The highest BCUT2D eigenvalue weighted by Gasteiger charge is 2.26. The minimum Gasteiger partial charge on any atom is -0.331 e. The van der Waals surface area contributed by atoms with Gasteiger partial charge in [-0.1, -0.05) is 43.5 Å². The molecule has 6 nitrogen and oxygen atoms in total. The molecular formula is C19H27N5O. The number of rotatable bonds is 5. The van der Waals surface area contributed by atoms with E-state index in [1.165, 1.54) is 30.4 Å². The summed E-state index contributed by atoms with van der Waals surface area (Å²) in [5, 5.41) is 9.89. The van der Waals surface area contributed by atoms with Crippen LogP contribution >= 0.6 is 0 Å². The van der Waals surface area contributed by atoms with Crippen molar-refractivity contribution in [1.82, 2.24) is 25.4 Å². The summed E-state index contributed by atoms with van der Waals surface area (Å²) in [7, 11) is 0. The largest absolute Gasteiger partial charge is 0.331 e. The van der Waals surface area contributed by atoms with Crippen molar-refractivity contribution < 1.29 is 4.79 Å². The van der Waals surface area contributed by atoms with Crippen LogP contribution in [0.2, 0.25) is 0 Å². The quantitative estimate of drug-likeness (QED) is 0.874.